The largest absolute Gasteiger partial charge is 0.381 e. The summed E-state index contributed by atoms with van der Waals surface area (Å²) in [5.74, 6) is 0.0969. The number of ketones is 1. The van der Waals surface area contributed by atoms with Crippen molar-refractivity contribution in [2.24, 2.45) is 0 Å². The first kappa shape index (κ1) is 13.0. The molecule has 1 aliphatic heterocycles. The maximum Gasteiger partial charge on any atom is 0.180 e. The topological polar surface area (TPSA) is 42.4 Å². The van der Waals surface area contributed by atoms with Crippen molar-refractivity contribution in [3.05, 3.63) is 24.0 Å². The van der Waals surface area contributed by atoms with E-state index in [1.807, 2.05) is 19.1 Å². The van der Waals surface area contributed by atoms with Gasteiger partial charge >= 0.3 is 0 Å². The summed E-state index contributed by atoms with van der Waals surface area (Å²) < 4.78 is 5.35. The minimum atomic E-state index is 0.0969. The highest BCUT2D eigenvalue weighted by Gasteiger charge is 2.19. The molecule has 0 aliphatic carbocycles. The van der Waals surface area contributed by atoms with Crippen LogP contribution >= 0.6 is 0 Å². The predicted molar refractivity (Wildman–Crippen MR) is 71.1 cm³/mol. The third kappa shape index (κ3) is 2.88. The standard InChI is InChI=1S/C14H20N2O2/c1-3-14(17)13-5-4-11(10-15-13)16-8-6-12(18-2)7-9-16/h4-5,10,12H,3,6-9H2,1-2H3. The van der Waals surface area contributed by atoms with Gasteiger partial charge in [-0.15, -0.1) is 0 Å². The van der Waals surface area contributed by atoms with Gasteiger partial charge in [-0.2, -0.15) is 0 Å². The molecule has 0 bridgehead atoms. The molecule has 0 N–H and O–H groups in total. The third-order valence-electron chi connectivity index (χ3n) is 3.50. The molecule has 1 aromatic rings. The summed E-state index contributed by atoms with van der Waals surface area (Å²) in [5.41, 5.74) is 1.66. The predicted octanol–water partition coefficient (Wildman–Crippen LogP) is 2.29. The highest BCUT2D eigenvalue weighted by atomic mass is 16.5. The van der Waals surface area contributed by atoms with E-state index < -0.39 is 0 Å². The van der Waals surface area contributed by atoms with E-state index in [1.165, 1.54) is 0 Å². The molecule has 0 atom stereocenters. The molecular weight excluding hydrogens is 228 g/mol. The molecule has 0 saturated carbocycles. The van der Waals surface area contributed by atoms with E-state index in [9.17, 15) is 4.79 Å². The number of pyridine rings is 1. The fourth-order valence-electron chi connectivity index (χ4n) is 2.27. The smallest absolute Gasteiger partial charge is 0.180 e. The van der Waals surface area contributed by atoms with Gasteiger partial charge in [-0.3, -0.25) is 9.78 Å². The number of methoxy groups -OCH3 is 1. The molecule has 0 unspecified atom stereocenters. The van der Waals surface area contributed by atoms with Crippen LogP contribution in [0.15, 0.2) is 18.3 Å². The van der Waals surface area contributed by atoms with Crippen molar-refractivity contribution < 1.29 is 9.53 Å². The summed E-state index contributed by atoms with van der Waals surface area (Å²) in [6.07, 6.45) is 4.79. The lowest BCUT2D eigenvalue weighted by molar-refractivity contribution is 0.0819. The van der Waals surface area contributed by atoms with Crippen molar-refractivity contribution in [3.8, 4) is 0 Å². The number of piperidine rings is 1. The van der Waals surface area contributed by atoms with E-state index in [2.05, 4.69) is 9.88 Å². The lowest BCUT2D eigenvalue weighted by Crippen LogP contribution is -2.36. The molecule has 4 heteroatoms. The zero-order valence-corrected chi connectivity index (χ0v) is 11.1. The zero-order valence-electron chi connectivity index (χ0n) is 11.1. The molecule has 0 amide bonds. The molecule has 2 heterocycles. The average molecular weight is 248 g/mol. The van der Waals surface area contributed by atoms with Crippen molar-refractivity contribution in [3.63, 3.8) is 0 Å². The Morgan fingerprint density at radius 1 is 1.44 bits per heavy atom. The summed E-state index contributed by atoms with van der Waals surface area (Å²) in [7, 11) is 1.77. The molecule has 18 heavy (non-hydrogen) atoms. The molecule has 1 fully saturated rings. The van der Waals surface area contributed by atoms with Gasteiger partial charge in [0.2, 0.25) is 0 Å². The van der Waals surface area contributed by atoms with Crippen molar-refractivity contribution in [1.82, 2.24) is 4.98 Å². The van der Waals surface area contributed by atoms with E-state index in [4.69, 9.17) is 4.74 Å². The fourth-order valence-corrected chi connectivity index (χ4v) is 2.27. The van der Waals surface area contributed by atoms with Gasteiger partial charge in [0.1, 0.15) is 5.69 Å². The van der Waals surface area contributed by atoms with Crippen LogP contribution in [0.25, 0.3) is 0 Å². The number of hydrogen-bond acceptors (Lipinski definition) is 4. The van der Waals surface area contributed by atoms with Gasteiger partial charge in [0.15, 0.2) is 5.78 Å². The molecule has 1 aliphatic rings. The fraction of sp³-hybridized carbons (Fsp3) is 0.571. The summed E-state index contributed by atoms with van der Waals surface area (Å²) in [4.78, 5) is 18.0. The second-order valence-corrected chi connectivity index (χ2v) is 4.60. The van der Waals surface area contributed by atoms with Crippen LogP contribution in [0, 0.1) is 0 Å². The van der Waals surface area contributed by atoms with Crippen LogP contribution in [-0.4, -0.2) is 37.1 Å². The highest BCUT2D eigenvalue weighted by molar-refractivity contribution is 5.94. The Morgan fingerprint density at radius 2 is 2.17 bits per heavy atom. The number of Topliss-reactive ketones (excluding diaryl/α,β-unsaturated/α-hetero) is 1. The summed E-state index contributed by atoms with van der Waals surface area (Å²) in [6, 6.07) is 3.81. The van der Waals surface area contributed by atoms with E-state index in [0.29, 0.717) is 18.2 Å². The van der Waals surface area contributed by atoms with E-state index in [-0.39, 0.29) is 5.78 Å². The van der Waals surface area contributed by atoms with E-state index in [0.717, 1.165) is 31.6 Å². The van der Waals surface area contributed by atoms with Crippen LogP contribution in [0.2, 0.25) is 0 Å². The minimum absolute atomic E-state index is 0.0969. The Bertz CT molecular complexity index is 395. The SMILES string of the molecule is CCC(=O)c1ccc(N2CCC(OC)CC2)cn1. The quantitative estimate of drug-likeness (QED) is 0.767. The Hall–Kier alpha value is -1.42. The average Bonchev–Trinajstić information content (AvgIpc) is 2.47. The highest BCUT2D eigenvalue weighted by Crippen LogP contribution is 2.20. The molecule has 0 spiro atoms. The zero-order chi connectivity index (χ0) is 13.0. The summed E-state index contributed by atoms with van der Waals surface area (Å²) in [5, 5.41) is 0. The number of hydrogen-bond donors (Lipinski definition) is 0. The lowest BCUT2D eigenvalue weighted by Gasteiger charge is -2.32. The second-order valence-electron chi connectivity index (χ2n) is 4.60. The van der Waals surface area contributed by atoms with E-state index in [1.54, 1.807) is 13.3 Å². The Morgan fingerprint density at radius 3 is 2.67 bits per heavy atom. The van der Waals surface area contributed by atoms with Gasteiger partial charge in [-0.05, 0) is 25.0 Å². The number of carbonyl (C=O) groups excluding carboxylic acids is 1. The van der Waals surface area contributed by atoms with Gasteiger partial charge in [-0.1, -0.05) is 6.92 Å². The number of rotatable bonds is 4. The van der Waals surface area contributed by atoms with Crippen LogP contribution in [0.5, 0.6) is 0 Å². The van der Waals surface area contributed by atoms with Gasteiger partial charge < -0.3 is 9.64 Å². The number of carbonyl (C=O) groups is 1. The van der Waals surface area contributed by atoms with Crippen LogP contribution < -0.4 is 4.90 Å². The van der Waals surface area contributed by atoms with Gasteiger partial charge in [0.25, 0.3) is 0 Å². The molecule has 98 valence electrons. The van der Waals surface area contributed by atoms with Crippen molar-refractivity contribution in [2.45, 2.75) is 32.3 Å². The molecule has 0 radical (unpaired) electrons. The lowest BCUT2D eigenvalue weighted by atomic mass is 10.1. The van der Waals surface area contributed by atoms with Crippen molar-refractivity contribution >= 4 is 11.5 Å². The second kappa shape index (κ2) is 5.96. The Balaban J connectivity index is 2.00. The van der Waals surface area contributed by atoms with Crippen LogP contribution in [0.4, 0.5) is 5.69 Å². The first-order chi connectivity index (χ1) is 8.74. The molecule has 0 aromatic carbocycles. The van der Waals surface area contributed by atoms with Gasteiger partial charge in [0.05, 0.1) is 18.0 Å². The van der Waals surface area contributed by atoms with Crippen molar-refractivity contribution in [1.29, 1.82) is 0 Å². The molecular formula is C14H20N2O2. The summed E-state index contributed by atoms with van der Waals surface area (Å²) in [6.45, 7) is 3.83. The first-order valence-electron chi connectivity index (χ1n) is 6.51. The monoisotopic (exact) mass is 248 g/mol. The van der Waals surface area contributed by atoms with Gasteiger partial charge in [-0.25, -0.2) is 0 Å². The maximum absolute atomic E-state index is 11.5. The van der Waals surface area contributed by atoms with Crippen LogP contribution in [0.1, 0.15) is 36.7 Å². The molecule has 1 aromatic heterocycles. The number of ether oxygens (including phenoxy) is 1. The summed E-state index contributed by atoms with van der Waals surface area (Å²) >= 11 is 0. The number of anilines is 1. The Labute approximate surface area is 108 Å². The Kier molecular flexibility index (Phi) is 4.31. The van der Waals surface area contributed by atoms with Crippen molar-refractivity contribution in [2.75, 3.05) is 25.1 Å². The van der Waals surface area contributed by atoms with Crippen LogP contribution in [-0.2, 0) is 4.74 Å². The van der Waals surface area contributed by atoms with Gasteiger partial charge in [0, 0.05) is 26.6 Å². The molecule has 2 rings (SSSR count). The van der Waals surface area contributed by atoms with E-state index >= 15 is 0 Å². The third-order valence-corrected chi connectivity index (χ3v) is 3.50. The normalized spacial score (nSPS) is 16.9. The molecule has 4 nitrogen and oxygen atoms in total. The maximum atomic E-state index is 11.5. The minimum Gasteiger partial charge on any atom is -0.381 e. The number of aromatic nitrogens is 1. The van der Waals surface area contributed by atoms with Crippen LogP contribution in [0.3, 0.4) is 0 Å². The first-order valence-corrected chi connectivity index (χ1v) is 6.51. The molecule has 1 saturated heterocycles. The number of nitrogens with zero attached hydrogens (tertiary/aromatic N) is 2.